The zero-order valence-corrected chi connectivity index (χ0v) is 14.7. The van der Waals surface area contributed by atoms with Crippen molar-refractivity contribution in [3.63, 3.8) is 0 Å². The first-order valence-corrected chi connectivity index (χ1v) is 8.22. The fraction of sp³-hybridized carbons (Fsp3) is 0.333. The van der Waals surface area contributed by atoms with Crippen molar-refractivity contribution in [2.24, 2.45) is 0 Å². The number of furan rings is 1. The van der Waals surface area contributed by atoms with Gasteiger partial charge >= 0.3 is 0 Å². The molecule has 1 N–H and O–H groups in total. The van der Waals surface area contributed by atoms with Crippen LogP contribution in [0.1, 0.15) is 41.9 Å². The summed E-state index contributed by atoms with van der Waals surface area (Å²) in [5.41, 5.74) is 0.692. The third kappa shape index (κ3) is 4.92. The van der Waals surface area contributed by atoms with Gasteiger partial charge in [0, 0.05) is 32.1 Å². The Morgan fingerprint density at radius 3 is 2.73 bits per heavy atom. The number of non-ortho nitro benzene ring substituents is 1. The van der Waals surface area contributed by atoms with Gasteiger partial charge in [0.1, 0.15) is 0 Å². The molecule has 0 aliphatic carbocycles. The lowest BCUT2D eigenvalue weighted by molar-refractivity contribution is -0.384. The summed E-state index contributed by atoms with van der Waals surface area (Å²) >= 11 is 0. The molecular formula is C18H21N3O5. The van der Waals surface area contributed by atoms with Crippen molar-refractivity contribution in [3.05, 3.63) is 64.1 Å². The number of carbonyl (C=O) groups is 2. The van der Waals surface area contributed by atoms with Gasteiger partial charge in [-0.25, -0.2) is 0 Å². The van der Waals surface area contributed by atoms with E-state index in [2.05, 4.69) is 5.32 Å². The van der Waals surface area contributed by atoms with E-state index < -0.39 is 4.92 Å². The number of amides is 2. The average Bonchev–Trinajstić information content (AvgIpc) is 3.18. The molecule has 2 amide bonds. The lowest BCUT2D eigenvalue weighted by Crippen LogP contribution is -2.31. The summed E-state index contributed by atoms with van der Waals surface area (Å²) in [6, 6.07) is 9.15. The van der Waals surface area contributed by atoms with Gasteiger partial charge in [-0.15, -0.1) is 0 Å². The van der Waals surface area contributed by atoms with Gasteiger partial charge in [0.15, 0.2) is 5.76 Å². The number of nitro benzene ring substituents is 1. The highest BCUT2D eigenvalue weighted by atomic mass is 16.6. The molecule has 0 aliphatic rings. The van der Waals surface area contributed by atoms with Gasteiger partial charge in [-0.2, -0.15) is 0 Å². The molecule has 1 aromatic heterocycles. The predicted octanol–water partition coefficient (Wildman–Crippen LogP) is 2.92. The number of rotatable bonds is 8. The third-order valence-electron chi connectivity index (χ3n) is 4.14. The topological polar surface area (TPSA) is 106 Å². The van der Waals surface area contributed by atoms with Gasteiger partial charge in [0.05, 0.1) is 17.2 Å². The van der Waals surface area contributed by atoms with E-state index in [1.54, 1.807) is 36.2 Å². The summed E-state index contributed by atoms with van der Waals surface area (Å²) in [4.78, 5) is 36.0. The minimum Gasteiger partial charge on any atom is -0.459 e. The van der Waals surface area contributed by atoms with Crippen molar-refractivity contribution in [3.8, 4) is 0 Å². The third-order valence-corrected chi connectivity index (χ3v) is 4.14. The summed E-state index contributed by atoms with van der Waals surface area (Å²) < 4.78 is 4.98. The van der Waals surface area contributed by atoms with Gasteiger partial charge in [0.25, 0.3) is 11.6 Å². The second kappa shape index (κ2) is 8.80. The molecule has 0 bridgehead atoms. The highest BCUT2D eigenvalue weighted by molar-refractivity contribution is 5.91. The molecule has 0 spiro atoms. The van der Waals surface area contributed by atoms with Crippen LogP contribution in [0.15, 0.2) is 47.1 Å². The van der Waals surface area contributed by atoms with Gasteiger partial charge in [-0.05, 0) is 31.0 Å². The molecule has 0 saturated heterocycles. The van der Waals surface area contributed by atoms with Crippen LogP contribution >= 0.6 is 0 Å². The molecule has 138 valence electrons. The monoisotopic (exact) mass is 359 g/mol. The first-order chi connectivity index (χ1) is 12.4. The molecule has 26 heavy (non-hydrogen) atoms. The highest BCUT2D eigenvalue weighted by Gasteiger charge is 2.19. The van der Waals surface area contributed by atoms with Crippen molar-refractivity contribution >= 4 is 17.5 Å². The predicted molar refractivity (Wildman–Crippen MR) is 94.6 cm³/mol. The average molecular weight is 359 g/mol. The number of benzene rings is 1. The molecule has 1 heterocycles. The summed E-state index contributed by atoms with van der Waals surface area (Å²) in [5, 5.41) is 13.6. The number of nitrogens with zero attached hydrogens (tertiary/aromatic N) is 2. The summed E-state index contributed by atoms with van der Waals surface area (Å²) in [5.74, 6) is -0.190. The van der Waals surface area contributed by atoms with Crippen molar-refractivity contribution < 1.29 is 18.9 Å². The van der Waals surface area contributed by atoms with E-state index in [0.717, 1.165) is 0 Å². The van der Waals surface area contributed by atoms with Gasteiger partial charge in [0.2, 0.25) is 5.91 Å². The summed E-state index contributed by atoms with van der Waals surface area (Å²) in [7, 11) is 1.66. The Labute approximate surface area is 150 Å². The van der Waals surface area contributed by atoms with E-state index >= 15 is 0 Å². The van der Waals surface area contributed by atoms with Crippen molar-refractivity contribution in [1.29, 1.82) is 0 Å². The van der Waals surface area contributed by atoms with E-state index in [1.807, 2.05) is 6.92 Å². The van der Waals surface area contributed by atoms with Crippen LogP contribution in [-0.2, 0) is 4.79 Å². The number of nitrogens with one attached hydrogen (secondary N) is 1. The molecule has 0 radical (unpaired) electrons. The zero-order valence-electron chi connectivity index (χ0n) is 14.7. The Morgan fingerprint density at radius 1 is 1.31 bits per heavy atom. The van der Waals surface area contributed by atoms with Crippen molar-refractivity contribution in [1.82, 2.24) is 10.2 Å². The van der Waals surface area contributed by atoms with Crippen LogP contribution in [0.4, 0.5) is 5.69 Å². The van der Waals surface area contributed by atoms with E-state index in [-0.39, 0.29) is 35.7 Å². The van der Waals surface area contributed by atoms with Crippen LogP contribution in [0, 0.1) is 10.1 Å². The number of hydrogen-bond acceptors (Lipinski definition) is 5. The molecule has 1 atom stereocenters. The Bertz CT molecular complexity index is 773. The Balaban J connectivity index is 1.82. The van der Waals surface area contributed by atoms with E-state index in [0.29, 0.717) is 18.5 Å². The molecule has 0 aliphatic heterocycles. The van der Waals surface area contributed by atoms with E-state index in [4.69, 9.17) is 4.42 Å². The van der Waals surface area contributed by atoms with E-state index in [1.165, 1.54) is 18.4 Å². The summed E-state index contributed by atoms with van der Waals surface area (Å²) in [6.07, 6.45) is 2.16. The lowest BCUT2D eigenvalue weighted by atomic mass is 10.1. The van der Waals surface area contributed by atoms with Gasteiger partial charge in [-0.1, -0.05) is 12.1 Å². The molecule has 2 rings (SSSR count). The van der Waals surface area contributed by atoms with Gasteiger partial charge in [-0.3, -0.25) is 19.7 Å². The summed E-state index contributed by atoms with van der Waals surface area (Å²) in [6.45, 7) is 2.17. The molecule has 2 aromatic rings. The quantitative estimate of drug-likeness (QED) is 0.443. The van der Waals surface area contributed by atoms with Crippen LogP contribution in [0.3, 0.4) is 0 Å². The molecule has 1 unspecified atom stereocenters. The molecule has 8 nitrogen and oxygen atoms in total. The Hall–Kier alpha value is -3.16. The minimum absolute atomic E-state index is 0.00385. The zero-order chi connectivity index (χ0) is 19.1. The molecular weight excluding hydrogens is 338 g/mol. The SMILES string of the molecule is CC(c1cccc([N+](=O)[O-])c1)N(C)C(=O)CCCNC(=O)c1ccco1. The largest absolute Gasteiger partial charge is 0.459 e. The maximum Gasteiger partial charge on any atom is 0.286 e. The first kappa shape index (κ1) is 19.2. The standard InChI is InChI=1S/C18H21N3O5/c1-13(14-6-3-7-15(12-14)21(24)25)20(2)17(22)9-4-10-19-18(23)16-8-5-11-26-16/h3,5-8,11-13H,4,9-10H2,1-2H3,(H,19,23). The van der Waals surface area contributed by atoms with Gasteiger partial charge < -0.3 is 14.6 Å². The van der Waals surface area contributed by atoms with Crippen LogP contribution in [0.2, 0.25) is 0 Å². The Morgan fingerprint density at radius 2 is 2.08 bits per heavy atom. The smallest absolute Gasteiger partial charge is 0.286 e. The second-order valence-corrected chi connectivity index (χ2v) is 5.87. The molecule has 0 saturated carbocycles. The molecule has 1 aromatic carbocycles. The first-order valence-electron chi connectivity index (χ1n) is 8.22. The number of nitro groups is 1. The second-order valence-electron chi connectivity index (χ2n) is 5.87. The highest BCUT2D eigenvalue weighted by Crippen LogP contribution is 2.23. The lowest BCUT2D eigenvalue weighted by Gasteiger charge is -2.25. The van der Waals surface area contributed by atoms with E-state index in [9.17, 15) is 19.7 Å². The van der Waals surface area contributed by atoms with Crippen LogP contribution < -0.4 is 5.32 Å². The fourth-order valence-corrected chi connectivity index (χ4v) is 2.45. The molecule has 8 heteroatoms. The maximum atomic E-state index is 12.3. The van der Waals surface area contributed by atoms with Crippen LogP contribution in [-0.4, -0.2) is 35.2 Å². The number of carbonyl (C=O) groups excluding carboxylic acids is 2. The van der Waals surface area contributed by atoms with Crippen LogP contribution in [0.25, 0.3) is 0 Å². The number of hydrogen-bond donors (Lipinski definition) is 1. The Kier molecular flexibility index (Phi) is 6.48. The fourth-order valence-electron chi connectivity index (χ4n) is 2.45. The van der Waals surface area contributed by atoms with Crippen LogP contribution in [0.5, 0.6) is 0 Å². The normalized spacial score (nSPS) is 11.6. The molecule has 0 fully saturated rings. The maximum absolute atomic E-state index is 12.3. The van der Waals surface area contributed by atoms with Crippen molar-refractivity contribution in [2.75, 3.05) is 13.6 Å². The van der Waals surface area contributed by atoms with Crippen molar-refractivity contribution in [2.45, 2.75) is 25.8 Å². The minimum atomic E-state index is -0.459.